The second-order valence-electron chi connectivity index (χ2n) is 15.1. The fraction of sp³-hybridized carbons (Fsp3) is 0.390. The number of pyridine rings is 1. The predicted molar refractivity (Wildman–Crippen MR) is 237 cm³/mol. The largest absolute Gasteiger partial charge is 0.448 e. The van der Waals surface area contributed by atoms with Gasteiger partial charge >= 0.3 is 6.09 Å². The van der Waals surface area contributed by atoms with E-state index in [4.69, 9.17) is 32.9 Å². The molecule has 17 heteroatoms. The van der Waals surface area contributed by atoms with Gasteiger partial charge in [-0.15, -0.1) is 0 Å². The number of fused-ring (bicyclic) bond motifs is 6. The third-order valence-corrected chi connectivity index (χ3v) is 15.1. The number of hydrogen-bond acceptors (Lipinski definition) is 10. The number of nitrogens with zero attached hydrogens (tertiary/aromatic N) is 5. The Morgan fingerprint density at radius 2 is 1.97 bits per heavy atom. The molecule has 1 aliphatic carbocycles. The average Bonchev–Trinajstić information content (AvgIpc) is 4.01. The van der Waals surface area contributed by atoms with E-state index in [1.807, 2.05) is 19.1 Å². The zero-order chi connectivity index (χ0) is 40.7. The number of likely N-dealkylation sites (tertiary alicyclic amines) is 1. The first-order chi connectivity index (χ1) is 28.1. The van der Waals surface area contributed by atoms with Crippen molar-refractivity contribution in [2.24, 2.45) is 11.8 Å². The number of para-hydroxylation sites is 1. The monoisotopic (exact) mass is 973 g/mol. The molecule has 4 bridgehead atoms. The minimum absolute atomic E-state index is 0.0298. The van der Waals surface area contributed by atoms with Crippen LogP contribution in [0.1, 0.15) is 48.7 Å². The number of nitro groups is 1. The fourth-order valence-corrected chi connectivity index (χ4v) is 11.1. The molecular formula is C41H39Cl2FIN7O4S2. The molecule has 302 valence electrons. The number of carbonyl (C=O) groups is 1. The van der Waals surface area contributed by atoms with Crippen molar-refractivity contribution in [3.05, 3.63) is 97.5 Å². The molecule has 11 nitrogen and oxygen atoms in total. The summed E-state index contributed by atoms with van der Waals surface area (Å²) in [6.07, 6.45) is 3.68. The first kappa shape index (κ1) is 41.4. The van der Waals surface area contributed by atoms with Gasteiger partial charge < -0.3 is 15.0 Å². The van der Waals surface area contributed by atoms with Crippen LogP contribution in [0.2, 0.25) is 10.0 Å². The van der Waals surface area contributed by atoms with Gasteiger partial charge in [-0.1, -0.05) is 56.4 Å². The zero-order valence-electron chi connectivity index (χ0n) is 31.4. The van der Waals surface area contributed by atoms with Crippen molar-refractivity contribution in [2.75, 3.05) is 32.0 Å². The summed E-state index contributed by atoms with van der Waals surface area (Å²) in [5.41, 5.74) is 3.48. The molecular weight excluding hydrogens is 935 g/mol. The molecule has 5 aromatic rings. The van der Waals surface area contributed by atoms with Gasteiger partial charge in [-0.05, 0) is 108 Å². The maximum absolute atomic E-state index is 16.8. The van der Waals surface area contributed by atoms with Gasteiger partial charge in [0.05, 0.1) is 32.6 Å². The molecule has 6 heterocycles. The maximum Gasteiger partial charge on any atom is 0.410 e. The molecule has 1 amide bonds. The topological polar surface area (TPSA) is 140 Å². The zero-order valence-corrected chi connectivity index (χ0v) is 36.7. The second kappa shape index (κ2) is 17.7. The minimum atomic E-state index is -0.562. The van der Waals surface area contributed by atoms with Gasteiger partial charge in [0, 0.05) is 82.6 Å². The minimum Gasteiger partial charge on any atom is -0.448 e. The number of ether oxygens (including phenoxy) is 1. The van der Waals surface area contributed by atoms with Crippen molar-refractivity contribution in [1.29, 1.82) is 5.26 Å². The fourth-order valence-electron chi connectivity index (χ4n) is 8.89. The van der Waals surface area contributed by atoms with Gasteiger partial charge in [-0.25, -0.2) is 18.5 Å². The van der Waals surface area contributed by atoms with E-state index >= 15 is 4.39 Å². The molecule has 2 aromatic heterocycles. The van der Waals surface area contributed by atoms with Crippen molar-refractivity contribution in [3.63, 3.8) is 0 Å². The van der Waals surface area contributed by atoms with Crippen LogP contribution in [0.25, 0.3) is 32.9 Å². The summed E-state index contributed by atoms with van der Waals surface area (Å²) in [5.74, 6) is 1.13. The summed E-state index contributed by atoms with van der Waals surface area (Å²) < 4.78 is 24.6. The van der Waals surface area contributed by atoms with Crippen LogP contribution in [0.3, 0.4) is 0 Å². The molecule has 1 saturated carbocycles. The summed E-state index contributed by atoms with van der Waals surface area (Å²) >= 11 is 16.4. The van der Waals surface area contributed by atoms with E-state index in [2.05, 4.69) is 41.9 Å². The molecule has 5 aliphatic rings. The summed E-state index contributed by atoms with van der Waals surface area (Å²) in [6.45, 7) is 4.44. The molecule has 58 heavy (non-hydrogen) atoms. The summed E-state index contributed by atoms with van der Waals surface area (Å²) in [6, 6.07) is 18.0. The number of piperidine rings is 1. The van der Waals surface area contributed by atoms with Crippen LogP contribution >= 0.6 is 65.3 Å². The maximum atomic E-state index is 16.8. The molecule has 0 spiro atoms. The van der Waals surface area contributed by atoms with Gasteiger partial charge in [0.2, 0.25) is 0 Å². The van der Waals surface area contributed by atoms with E-state index in [1.54, 1.807) is 50.2 Å². The second-order valence-corrected chi connectivity index (χ2v) is 19.5. The number of H-pyrrole nitrogens is 1. The highest BCUT2D eigenvalue weighted by Gasteiger charge is 2.50. The lowest BCUT2D eigenvalue weighted by molar-refractivity contribution is -0.387. The molecule has 3 unspecified atom stereocenters. The predicted octanol–water partition coefficient (Wildman–Crippen LogP) is 10.8. The third-order valence-electron chi connectivity index (χ3n) is 11.5. The van der Waals surface area contributed by atoms with Gasteiger partial charge in [0.25, 0.3) is 5.69 Å². The summed E-state index contributed by atoms with van der Waals surface area (Å²) in [5, 5.41) is 26.5. The van der Waals surface area contributed by atoms with Crippen molar-refractivity contribution < 1.29 is 18.8 Å². The van der Waals surface area contributed by atoms with Gasteiger partial charge in [0.15, 0.2) is 5.82 Å². The van der Waals surface area contributed by atoms with Crippen molar-refractivity contribution >= 4 is 98.9 Å². The lowest BCUT2D eigenvalue weighted by Gasteiger charge is -2.31. The number of benzene rings is 3. The van der Waals surface area contributed by atoms with Crippen LogP contribution in [-0.2, 0) is 11.2 Å². The average molecular weight is 975 g/mol. The van der Waals surface area contributed by atoms with Crippen LogP contribution in [0.4, 0.5) is 14.9 Å². The molecule has 0 radical (unpaired) electrons. The Morgan fingerprint density at radius 1 is 1.16 bits per heavy atom. The molecule has 3 atom stereocenters. The number of rotatable bonds is 10. The normalized spacial score (nSPS) is 22.1. The number of nitro benzene ring substituents is 1. The standard InChI is InChI=1S/C36H30Cl2FIN6O4S2.C5H9N/c1-19-24-16-27(43-33(24)25-15-20(6-5-11-41)30(32(39)34(25)42-19)23-7-4-8-26(37)31(23)38)35-21-14-22(45(35)36(47)50-12-13-51-40)18-44(17-21)52-29-10-3-2-9-28(29)46(48)49;1-4-2-5(1)6-3-4/h2-4,7-10,15-16,21-22,35,43H,5-6,12-14,17-18H2,1H3;4-6H,1-3H2. The Kier molecular flexibility index (Phi) is 12.6. The van der Waals surface area contributed by atoms with Crippen LogP contribution < -0.4 is 5.32 Å². The number of halogens is 4. The first-order valence-corrected chi connectivity index (χ1v) is 24.2. The van der Waals surface area contributed by atoms with Crippen molar-refractivity contribution in [3.8, 4) is 17.2 Å². The number of nitriles is 1. The van der Waals surface area contributed by atoms with Crippen LogP contribution in [0.15, 0.2) is 59.5 Å². The van der Waals surface area contributed by atoms with Crippen LogP contribution in [0, 0.1) is 46.0 Å². The highest BCUT2D eigenvalue weighted by atomic mass is 127. The van der Waals surface area contributed by atoms with E-state index in [-0.39, 0.29) is 63.1 Å². The quantitative estimate of drug-likeness (QED) is 0.0457. The number of nitrogens with one attached hydrogen (secondary N) is 2. The number of aromatic nitrogens is 2. The first-order valence-electron chi connectivity index (χ1n) is 19.1. The molecule has 10 rings (SSSR count). The van der Waals surface area contributed by atoms with E-state index in [9.17, 15) is 20.2 Å². The Bertz CT molecular complexity index is 2430. The lowest BCUT2D eigenvalue weighted by atomic mass is 9.87. The molecule has 4 aliphatic heterocycles. The lowest BCUT2D eigenvalue weighted by Crippen LogP contribution is -2.42. The van der Waals surface area contributed by atoms with Gasteiger partial charge in [-0.3, -0.25) is 15.0 Å². The highest BCUT2D eigenvalue weighted by Crippen LogP contribution is 2.49. The van der Waals surface area contributed by atoms with Crippen molar-refractivity contribution in [2.45, 2.75) is 62.0 Å². The molecule has 3 aromatic carbocycles. The Hall–Kier alpha value is -3.37. The number of hydrogen-bond donors (Lipinski definition) is 2. The summed E-state index contributed by atoms with van der Waals surface area (Å²) in [4.78, 5) is 35.9. The summed E-state index contributed by atoms with van der Waals surface area (Å²) in [7, 11) is 1.55. The Labute approximate surface area is 365 Å². The van der Waals surface area contributed by atoms with E-state index in [1.165, 1.54) is 37.4 Å². The number of aromatic amines is 1. The number of aryl methyl sites for hydroxylation is 2. The van der Waals surface area contributed by atoms with Gasteiger partial charge in [-0.2, -0.15) is 5.26 Å². The van der Waals surface area contributed by atoms with Crippen molar-refractivity contribution in [1.82, 2.24) is 24.5 Å². The smallest absolute Gasteiger partial charge is 0.410 e. The van der Waals surface area contributed by atoms with E-state index in [0.717, 1.165) is 29.5 Å². The van der Waals surface area contributed by atoms with E-state index < -0.39 is 18.0 Å². The number of amides is 1. The van der Waals surface area contributed by atoms with Crippen LogP contribution in [-0.4, -0.2) is 74.3 Å². The molecule has 5 fully saturated rings. The SMILES string of the molecule is C1NC2CC1C2.Cc1nc2c(F)c(-c3cccc(Cl)c3Cl)c(CCC#N)cc2c2[nH]c(C3C4CC(CN(Sc5ccccc5[N+](=O)[O-])C4)N3C(=O)OCCSI)cc12. The van der Waals surface area contributed by atoms with E-state index in [0.29, 0.717) is 51.5 Å². The molecule has 2 N–H and O–H groups in total. The van der Waals surface area contributed by atoms with Gasteiger partial charge in [0.1, 0.15) is 17.0 Å². The number of carbonyl (C=O) groups excluding carboxylic acids is 1. The molecule has 4 saturated heterocycles. The third kappa shape index (κ3) is 8.10. The van der Waals surface area contributed by atoms with Crippen LogP contribution in [0.5, 0.6) is 0 Å². The highest BCUT2D eigenvalue weighted by molar-refractivity contribution is 14.2. The Balaban J connectivity index is 0.000000708. The Morgan fingerprint density at radius 3 is 2.67 bits per heavy atom.